The number of pyridine rings is 1. The molecular formula is C31H33FN4O4S3. The molecule has 0 bridgehead atoms. The maximum Gasteiger partial charge on any atom is 0.353 e. The van der Waals surface area contributed by atoms with Gasteiger partial charge in [0.05, 0.1) is 27.7 Å². The molecule has 1 aliphatic heterocycles. The molecule has 0 spiro atoms. The zero-order valence-electron chi connectivity index (χ0n) is 22.6. The van der Waals surface area contributed by atoms with Gasteiger partial charge in [-0.15, -0.1) is 11.3 Å². The number of alkyl halides is 1. The summed E-state index contributed by atoms with van der Waals surface area (Å²) in [6.07, 6.45) is 1.49. The van der Waals surface area contributed by atoms with Crippen molar-refractivity contribution in [3.05, 3.63) is 94.0 Å². The van der Waals surface area contributed by atoms with Crippen molar-refractivity contribution in [2.45, 2.75) is 26.9 Å². The first-order valence-corrected chi connectivity index (χ1v) is 13.6. The van der Waals surface area contributed by atoms with Gasteiger partial charge in [0.1, 0.15) is 33.8 Å². The molecule has 2 aromatic carbocycles. The number of hydrogen-bond donors (Lipinski definition) is 1. The molecule has 8 nitrogen and oxygen atoms in total. The summed E-state index contributed by atoms with van der Waals surface area (Å²) >= 11 is 1.20. The van der Waals surface area contributed by atoms with E-state index in [1.165, 1.54) is 20.8 Å². The van der Waals surface area contributed by atoms with Crippen molar-refractivity contribution in [2.24, 2.45) is 5.92 Å². The van der Waals surface area contributed by atoms with E-state index in [-0.39, 0.29) is 65.6 Å². The molecule has 0 saturated carbocycles. The molecule has 1 saturated heterocycles. The number of halogens is 1. The fourth-order valence-corrected chi connectivity index (χ4v) is 6.26. The number of ether oxygens (including phenoxy) is 1. The van der Waals surface area contributed by atoms with Gasteiger partial charge in [0.15, 0.2) is 0 Å². The average Bonchev–Trinajstić information content (AvgIpc) is 3.50. The van der Waals surface area contributed by atoms with Crippen LogP contribution in [0.2, 0.25) is 0 Å². The lowest BCUT2D eigenvalue weighted by Crippen LogP contribution is -2.27. The number of carbonyl (C=O) groups excluding carboxylic acids is 1. The van der Waals surface area contributed by atoms with Gasteiger partial charge in [-0.2, -0.15) is 32.0 Å². The van der Waals surface area contributed by atoms with Gasteiger partial charge in [-0.3, -0.25) is 9.36 Å². The molecule has 0 radical (unpaired) electrons. The molecule has 2 atom stereocenters. The van der Waals surface area contributed by atoms with Crippen LogP contribution in [0.15, 0.2) is 78.2 Å². The maximum absolute atomic E-state index is 14.7. The highest BCUT2D eigenvalue weighted by atomic mass is 32.1. The SMILES string of the molecule is C.C=CC(=O)N1C[C@H](CC(O)=c2sc3nccc4c3c2nc(=O)n4-c2ccc(Oc3ccccc3)cc2C)[C@@H](F)C1.S.S. The minimum absolute atomic E-state index is 0. The fraction of sp³-hybridized carbons (Fsp3) is 0.226. The first kappa shape index (κ1) is 33.6. The Kier molecular flexibility index (Phi) is 10.7. The highest BCUT2D eigenvalue weighted by Gasteiger charge is 2.35. The third kappa shape index (κ3) is 6.27. The Balaban J connectivity index is 0.00000169. The summed E-state index contributed by atoms with van der Waals surface area (Å²) in [5.74, 6) is 0.346. The number of aliphatic hydroxyl groups is 1. The molecule has 1 N–H and O–H groups in total. The number of amides is 1. The van der Waals surface area contributed by atoms with Gasteiger partial charge in [-0.25, -0.2) is 14.2 Å². The fourth-order valence-electron chi connectivity index (χ4n) is 5.20. The Hall–Kier alpha value is -3.87. The summed E-state index contributed by atoms with van der Waals surface area (Å²) in [4.78, 5) is 36.2. The second-order valence-corrected chi connectivity index (χ2v) is 10.8. The first-order chi connectivity index (χ1) is 19.3. The van der Waals surface area contributed by atoms with E-state index in [1.807, 2.05) is 49.4 Å². The summed E-state index contributed by atoms with van der Waals surface area (Å²) in [5, 5.41) is 11.7. The van der Waals surface area contributed by atoms with Gasteiger partial charge in [0.2, 0.25) is 5.91 Å². The van der Waals surface area contributed by atoms with Crippen LogP contribution in [0, 0.1) is 12.8 Å². The Bertz CT molecular complexity index is 1890. The average molecular weight is 641 g/mol. The van der Waals surface area contributed by atoms with Crippen LogP contribution in [-0.2, 0) is 4.79 Å². The number of rotatable bonds is 6. The van der Waals surface area contributed by atoms with Gasteiger partial charge in [0.25, 0.3) is 0 Å². The van der Waals surface area contributed by atoms with Crippen LogP contribution >= 0.6 is 38.3 Å². The van der Waals surface area contributed by atoms with Crippen LogP contribution in [-0.4, -0.2) is 49.7 Å². The highest BCUT2D eigenvalue weighted by molar-refractivity contribution is 7.59. The van der Waals surface area contributed by atoms with Gasteiger partial charge >= 0.3 is 5.69 Å². The number of likely N-dealkylation sites (tertiary alicyclic amines) is 1. The van der Waals surface area contributed by atoms with Crippen LogP contribution in [0.3, 0.4) is 0 Å². The van der Waals surface area contributed by atoms with Gasteiger partial charge in [-0.05, 0) is 55.0 Å². The van der Waals surface area contributed by atoms with E-state index >= 15 is 0 Å². The van der Waals surface area contributed by atoms with Crippen molar-refractivity contribution < 1.29 is 19.0 Å². The van der Waals surface area contributed by atoms with Gasteiger partial charge in [-0.1, -0.05) is 32.2 Å². The van der Waals surface area contributed by atoms with Gasteiger partial charge in [0, 0.05) is 25.1 Å². The molecule has 1 aliphatic rings. The van der Waals surface area contributed by atoms with E-state index in [2.05, 4.69) is 16.5 Å². The molecule has 5 aromatic rings. The van der Waals surface area contributed by atoms with Gasteiger partial charge < -0.3 is 14.7 Å². The summed E-state index contributed by atoms with van der Waals surface area (Å²) in [6, 6.07) is 16.6. The lowest BCUT2D eigenvalue weighted by atomic mass is 10.0. The van der Waals surface area contributed by atoms with Crippen LogP contribution in [0.1, 0.15) is 19.4 Å². The predicted molar refractivity (Wildman–Crippen MR) is 180 cm³/mol. The smallest absolute Gasteiger partial charge is 0.353 e. The Labute approximate surface area is 266 Å². The number of aliphatic hydroxyl groups excluding tert-OH is 1. The number of carbonyl (C=O) groups is 1. The van der Waals surface area contributed by atoms with Crippen molar-refractivity contribution in [3.63, 3.8) is 0 Å². The number of hydrogen-bond acceptors (Lipinski definition) is 7. The molecule has 0 unspecified atom stereocenters. The summed E-state index contributed by atoms with van der Waals surface area (Å²) in [5.41, 5.74) is 1.87. The zero-order valence-corrected chi connectivity index (χ0v) is 25.4. The molecule has 4 heterocycles. The molecule has 6 rings (SSSR count). The largest absolute Gasteiger partial charge is 0.511 e. The predicted octanol–water partition coefficient (Wildman–Crippen LogP) is 5.72. The van der Waals surface area contributed by atoms with Crippen molar-refractivity contribution in [1.82, 2.24) is 19.4 Å². The molecule has 1 amide bonds. The topological polar surface area (TPSA) is 97.6 Å². The van der Waals surface area contributed by atoms with Crippen LogP contribution in [0.4, 0.5) is 4.39 Å². The monoisotopic (exact) mass is 640 g/mol. The number of para-hydroxylation sites is 1. The van der Waals surface area contributed by atoms with Crippen molar-refractivity contribution in [3.8, 4) is 17.2 Å². The number of aromatic nitrogens is 3. The molecule has 226 valence electrons. The summed E-state index contributed by atoms with van der Waals surface area (Å²) in [7, 11) is 0. The second kappa shape index (κ2) is 13.6. The minimum atomic E-state index is -1.28. The molecule has 3 aromatic heterocycles. The van der Waals surface area contributed by atoms with E-state index < -0.39 is 17.8 Å². The Morgan fingerprint density at radius 2 is 1.91 bits per heavy atom. The van der Waals surface area contributed by atoms with Crippen molar-refractivity contribution >= 4 is 71.2 Å². The third-order valence-corrected chi connectivity index (χ3v) is 8.27. The standard InChI is InChI=1S/C30H25FN4O4S.CH4.2H2S/c1-3-25(37)34-15-18(21(31)16-34)14-24(36)28-27-26-23(11-12-32-29(26)40-28)35(30(38)33-27)22-10-9-20(13-17(22)2)39-19-7-5-4-6-8-19;;;/h3-13,18,21,36H,1,14-16H2,2H3;1H4;2*1H2/t18-,21-;;;/m0.../s1. The quantitative estimate of drug-likeness (QED) is 0.239. The maximum atomic E-state index is 14.7. The zero-order chi connectivity index (χ0) is 28.0. The minimum Gasteiger partial charge on any atom is -0.511 e. The van der Waals surface area contributed by atoms with E-state index in [0.717, 1.165) is 11.6 Å². The summed E-state index contributed by atoms with van der Waals surface area (Å²) in [6.45, 7) is 5.48. The summed E-state index contributed by atoms with van der Waals surface area (Å²) < 4.78 is 22.6. The molecule has 12 heteroatoms. The Morgan fingerprint density at radius 3 is 2.60 bits per heavy atom. The molecular weight excluding hydrogens is 608 g/mol. The van der Waals surface area contributed by atoms with Crippen LogP contribution < -0.4 is 15.0 Å². The highest BCUT2D eigenvalue weighted by Crippen LogP contribution is 2.31. The van der Waals surface area contributed by atoms with Crippen molar-refractivity contribution in [2.75, 3.05) is 13.1 Å². The number of nitrogens with zero attached hydrogens (tertiary/aromatic N) is 4. The van der Waals surface area contributed by atoms with Crippen LogP contribution in [0.5, 0.6) is 11.5 Å². The lowest BCUT2D eigenvalue weighted by molar-refractivity contribution is -0.125. The van der Waals surface area contributed by atoms with E-state index in [0.29, 0.717) is 43.0 Å². The third-order valence-electron chi connectivity index (χ3n) is 7.14. The second-order valence-electron chi connectivity index (χ2n) is 9.76. The van der Waals surface area contributed by atoms with E-state index in [4.69, 9.17) is 4.74 Å². The van der Waals surface area contributed by atoms with Crippen LogP contribution in [0.25, 0.3) is 32.7 Å². The molecule has 0 aliphatic carbocycles. The Morgan fingerprint density at radius 1 is 1.16 bits per heavy atom. The van der Waals surface area contributed by atoms with E-state index in [1.54, 1.807) is 18.3 Å². The number of benzene rings is 2. The van der Waals surface area contributed by atoms with E-state index in [9.17, 15) is 19.1 Å². The number of aryl methyl sites for hydroxylation is 1. The number of thiophene rings is 1. The van der Waals surface area contributed by atoms with Crippen molar-refractivity contribution in [1.29, 1.82) is 0 Å². The molecule has 43 heavy (non-hydrogen) atoms. The normalized spacial score (nSPS) is 16.7. The molecule has 1 fully saturated rings. The first-order valence-electron chi connectivity index (χ1n) is 12.8. The lowest BCUT2D eigenvalue weighted by Gasteiger charge is -2.14.